The maximum absolute atomic E-state index is 10.9. The largest absolute Gasteiger partial charge is 1.00 e. The van der Waals surface area contributed by atoms with E-state index in [0.29, 0.717) is 0 Å². The Balaban J connectivity index is 0.00000380. The van der Waals surface area contributed by atoms with Crippen molar-refractivity contribution in [3.05, 3.63) is 83.6 Å². The summed E-state index contributed by atoms with van der Waals surface area (Å²) in [7, 11) is 0. The van der Waals surface area contributed by atoms with Gasteiger partial charge in [0.2, 0.25) is 5.69 Å². The summed E-state index contributed by atoms with van der Waals surface area (Å²) in [6, 6.07) is 17.5. The van der Waals surface area contributed by atoms with Crippen molar-refractivity contribution in [1.29, 1.82) is 0 Å². The summed E-state index contributed by atoms with van der Waals surface area (Å²) in [5, 5.41) is 8.97. The summed E-state index contributed by atoms with van der Waals surface area (Å²) in [4.78, 5) is 13.3. The van der Waals surface area contributed by atoms with Gasteiger partial charge < -0.3 is 27.0 Å². The lowest BCUT2D eigenvalue weighted by molar-refractivity contribution is -0.437. The Morgan fingerprint density at radius 2 is 1.62 bits per heavy atom. The zero-order valence-corrected chi connectivity index (χ0v) is 24.5. The number of fused-ring (bicyclic) bond motifs is 2. The van der Waals surface area contributed by atoms with Crippen LogP contribution in [0.25, 0.3) is 0 Å². The molecule has 5 heteroatoms. The van der Waals surface area contributed by atoms with Crippen LogP contribution in [0.3, 0.4) is 0 Å². The van der Waals surface area contributed by atoms with E-state index in [4.69, 9.17) is 5.11 Å². The molecule has 0 unspecified atom stereocenters. The molecule has 2 aliphatic rings. The van der Waals surface area contributed by atoms with Crippen molar-refractivity contribution in [3.63, 3.8) is 0 Å². The maximum atomic E-state index is 10.9. The monoisotopic (exact) mass is 564 g/mol. The fraction of sp³-hybridized carbons (Fsp3) is 0.438. The summed E-state index contributed by atoms with van der Waals surface area (Å²) in [6.07, 6.45) is 10.8. The molecule has 2 aromatic rings. The molecule has 37 heavy (non-hydrogen) atoms. The lowest BCUT2D eigenvalue weighted by Gasteiger charge is -2.27. The van der Waals surface area contributed by atoms with Crippen LogP contribution in [-0.2, 0) is 15.6 Å². The van der Waals surface area contributed by atoms with E-state index < -0.39 is 5.97 Å². The van der Waals surface area contributed by atoms with Crippen LogP contribution in [0.5, 0.6) is 0 Å². The Hall–Kier alpha value is -2.66. The minimum atomic E-state index is -0.708. The number of rotatable bonds is 10. The molecule has 198 valence electrons. The molecule has 0 aromatic heterocycles. The van der Waals surface area contributed by atoms with Crippen LogP contribution in [0.1, 0.15) is 77.8 Å². The molecule has 0 saturated heterocycles. The molecule has 2 heterocycles. The normalized spacial score (nSPS) is 18.3. The highest BCUT2D eigenvalue weighted by Gasteiger charge is 2.44. The van der Waals surface area contributed by atoms with Crippen LogP contribution < -0.4 is 21.9 Å². The van der Waals surface area contributed by atoms with Gasteiger partial charge in [-0.2, -0.15) is 4.58 Å². The van der Waals surface area contributed by atoms with Crippen molar-refractivity contribution in [2.75, 3.05) is 18.0 Å². The van der Waals surface area contributed by atoms with Gasteiger partial charge in [0.15, 0.2) is 5.71 Å². The molecule has 0 amide bonds. The van der Waals surface area contributed by atoms with Crippen LogP contribution in [0.2, 0.25) is 0 Å². The Labute approximate surface area is 233 Å². The Kier molecular flexibility index (Phi) is 9.22. The number of carboxylic acid groups (broad SMARTS) is 1. The van der Waals surface area contributed by atoms with Gasteiger partial charge in [-0.3, -0.25) is 4.79 Å². The number of aliphatic carboxylic acids is 1. The number of para-hydroxylation sites is 2. The molecule has 0 saturated carbocycles. The fourth-order valence-corrected chi connectivity index (χ4v) is 5.94. The molecular weight excluding hydrogens is 524 g/mol. The molecular formula is C32H41BrN2O2. The number of nitrogens with zero attached hydrogens (tertiary/aromatic N) is 2. The van der Waals surface area contributed by atoms with E-state index in [1.165, 1.54) is 33.9 Å². The van der Waals surface area contributed by atoms with Crippen molar-refractivity contribution < 1.29 is 31.5 Å². The Morgan fingerprint density at radius 3 is 2.32 bits per heavy atom. The van der Waals surface area contributed by atoms with Gasteiger partial charge in [-0.15, -0.1) is 0 Å². The summed E-state index contributed by atoms with van der Waals surface area (Å²) >= 11 is 0. The molecule has 0 aliphatic carbocycles. The molecule has 2 aromatic carbocycles. The van der Waals surface area contributed by atoms with Crippen LogP contribution >= 0.6 is 0 Å². The van der Waals surface area contributed by atoms with Crippen LogP contribution in [0.15, 0.2) is 72.5 Å². The number of allylic oxidation sites excluding steroid dienone is 4. The lowest BCUT2D eigenvalue weighted by atomic mass is 9.81. The summed E-state index contributed by atoms with van der Waals surface area (Å²) < 4.78 is 2.49. The first-order chi connectivity index (χ1) is 17.2. The number of unbranched alkanes of at least 4 members (excludes halogenated alkanes) is 2. The van der Waals surface area contributed by atoms with Crippen molar-refractivity contribution in [1.82, 2.24) is 0 Å². The van der Waals surface area contributed by atoms with Crippen molar-refractivity contribution >= 4 is 23.1 Å². The first-order valence-electron chi connectivity index (χ1n) is 13.4. The first-order valence-corrected chi connectivity index (χ1v) is 13.4. The zero-order valence-electron chi connectivity index (χ0n) is 22.9. The van der Waals surface area contributed by atoms with E-state index in [1.807, 2.05) is 0 Å². The van der Waals surface area contributed by atoms with Gasteiger partial charge in [-0.1, -0.05) is 69.7 Å². The highest BCUT2D eigenvalue weighted by molar-refractivity contribution is 6.03. The van der Waals surface area contributed by atoms with E-state index in [0.717, 1.165) is 38.8 Å². The summed E-state index contributed by atoms with van der Waals surface area (Å²) in [5.74, 6) is -0.708. The average Bonchev–Trinajstić information content (AvgIpc) is 3.19. The van der Waals surface area contributed by atoms with Gasteiger partial charge in [0.05, 0.1) is 5.41 Å². The van der Waals surface area contributed by atoms with Gasteiger partial charge in [-0.25, -0.2) is 0 Å². The number of carboxylic acids is 1. The van der Waals surface area contributed by atoms with Gasteiger partial charge in [-0.05, 0) is 44.4 Å². The minimum Gasteiger partial charge on any atom is -1.00 e. The third-order valence-electron chi connectivity index (χ3n) is 7.83. The van der Waals surface area contributed by atoms with Gasteiger partial charge in [0, 0.05) is 53.9 Å². The van der Waals surface area contributed by atoms with E-state index in [9.17, 15) is 4.79 Å². The molecule has 0 fully saturated rings. The average molecular weight is 566 g/mol. The summed E-state index contributed by atoms with van der Waals surface area (Å²) in [5.41, 5.74) is 7.85. The van der Waals surface area contributed by atoms with Crippen LogP contribution in [0.4, 0.5) is 11.4 Å². The maximum Gasteiger partial charge on any atom is 0.303 e. The second kappa shape index (κ2) is 11.8. The van der Waals surface area contributed by atoms with E-state index in [1.54, 1.807) is 0 Å². The standard InChI is InChI=1S/C32H40N2O2.BrH/c1-6-22-33-26-17-11-9-15-24(26)31(2,3)28(33)19-14-20-29-32(4,5)25-16-10-12-18-27(25)34(29)23-13-7-8-21-30(35)36;/h9-12,14-20H,6-8,13,21-23H2,1-5H3;1H. The number of halogens is 1. The molecule has 1 N–H and O–H groups in total. The Bertz CT molecular complexity index is 1220. The highest BCUT2D eigenvalue weighted by atomic mass is 79.9. The van der Waals surface area contributed by atoms with Gasteiger partial charge >= 0.3 is 5.97 Å². The molecule has 2 aliphatic heterocycles. The number of hydrogen-bond donors (Lipinski definition) is 1. The third kappa shape index (κ3) is 5.62. The number of carbonyl (C=O) groups is 1. The van der Waals surface area contributed by atoms with Crippen LogP contribution in [-0.4, -0.2) is 34.5 Å². The quantitative estimate of drug-likeness (QED) is 0.344. The predicted octanol–water partition coefficient (Wildman–Crippen LogP) is 4.36. The van der Waals surface area contributed by atoms with E-state index >= 15 is 0 Å². The second-order valence-corrected chi connectivity index (χ2v) is 11.1. The zero-order chi connectivity index (χ0) is 25.9. The summed E-state index contributed by atoms with van der Waals surface area (Å²) in [6.45, 7) is 13.4. The smallest absolute Gasteiger partial charge is 0.303 e. The van der Waals surface area contributed by atoms with E-state index in [-0.39, 0.29) is 34.2 Å². The SMILES string of the molecule is CCC[N+]1=C(/C=C/C=C2/N(CCCCCC(=O)O)c3ccccc3C2(C)C)C(C)(C)c2ccccc21.[Br-]. The van der Waals surface area contributed by atoms with Gasteiger partial charge in [0.25, 0.3) is 0 Å². The second-order valence-electron chi connectivity index (χ2n) is 11.1. The minimum absolute atomic E-state index is 0. The lowest BCUT2D eigenvalue weighted by Crippen LogP contribution is -3.00. The predicted molar refractivity (Wildman–Crippen MR) is 150 cm³/mol. The van der Waals surface area contributed by atoms with Crippen molar-refractivity contribution in [2.45, 2.75) is 77.6 Å². The highest BCUT2D eigenvalue weighted by Crippen LogP contribution is 2.47. The molecule has 0 radical (unpaired) electrons. The topological polar surface area (TPSA) is 43.5 Å². The molecule has 4 nitrogen and oxygen atoms in total. The number of benzene rings is 2. The molecule has 0 spiro atoms. The molecule has 0 atom stereocenters. The number of hydrogen-bond acceptors (Lipinski definition) is 2. The van der Waals surface area contributed by atoms with Crippen molar-refractivity contribution in [3.8, 4) is 0 Å². The van der Waals surface area contributed by atoms with Gasteiger partial charge in [0.1, 0.15) is 6.54 Å². The molecule has 4 rings (SSSR count). The third-order valence-corrected chi connectivity index (χ3v) is 7.83. The fourth-order valence-electron chi connectivity index (χ4n) is 5.94. The van der Waals surface area contributed by atoms with Crippen LogP contribution in [0, 0.1) is 0 Å². The first kappa shape index (κ1) is 28.9. The van der Waals surface area contributed by atoms with Crippen molar-refractivity contribution in [2.24, 2.45) is 0 Å². The number of anilines is 1. The van der Waals surface area contributed by atoms with E-state index in [2.05, 4.69) is 111 Å². The molecule has 0 bridgehead atoms. The Morgan fingerprint density at radius 1 is 0.946 bits per heavy atom.